The van der Waals surface area contributed by atoms with Gasteiger partial charge in [-0.25, -0.2) is 0 Å². The maximum absolute atomic E-state index is 3.55. The number of piperazine rings is 1. The number of nitrogens with one attached hydrogen (secondary N) is 1. The quantitative estimate of drug-likeness (QED) is 0.862. The Morgan fingerprint density at radius 1 is 1.40 bits per heavy atom. The Labute approximate surface area is 102 Å². The van der Waals surface area contributed by atoms with E-state index in [0.717, 1.165) is 6.54 Å². The second-order valence-electron chi connectivity index (χ2n) is 4.24. The van der Waals surface area contributed by atoms with Crippen LogP contribution < -0.4 is 5.32 Å². The van der Waals surface area contributed by atoms with Gasteiger partial charge < -0.3 is 5.32 Å². The normalized spacial score (nSPS) is 27.3. The third kappa shape index (κ3) is 3.76. The molecule has 0 aliphatic carbocycles. The van der Waals surface area contributed by atoms with Gasteiger partial charge in [0.1, 0.15) is 0 Å². The van der Waals surface area contributed by atoms with E-state index in [1.165, 1.54) is 18.0 Å². The van der Waals surface area contributed by atoms with E-state index in [-0.39, 0.29) is 12.4 Å². The van der Waals surface area contributed by atoms with Crippen molar-refractivity contribution in [2.24, 2.45) is 0 Å². The van der Waals surface area contributed by atoms with Crippen LogP contribution in [0.15, 0.2) is 17.5 Å². The minimum Gasteiger partial charge on any atom is -0.309 e. The summed E-state index contributed by atoms with van der Waals surface area (Å²) in [5, 5.41) is 5.71. The summed E-state index contributed by atoms with van der Waals surface area (Å²) < 4.78 is 0. The van der Waals surface area contributed by atoms with Crippen LogP contribution in [0.2, 0.25) is 0 Å². The van der Waals surface area contributed by atoms with Gasteiger partial charge in [-0.15, -0.1) is 23.7 Å². The summed E-state index contributed by atoms with van der Waals surface area (Å²) >= 11 is 1.86. The number of thiophene rings is 1. The zero-order valence-electron chi connectivity index (χ0n) is 9.27. The highest BCUT2D eigenvalue weighted by Gasteiger charge is 2.20. The number of hydrogen-bond donors (Lipinski definition) is 1. The monoisotopic (exact) mass is 246 g/mol. The molecule has 0 aromatic carbocycles. The van der Waals surface area contributed by atoms with E-state index in [2.05, 4.69) is 41.6 Å². The average Bonchev–Trinajstić information content (AvgIpc) is 2.54. The summed E-state index contributed by atoms with van der Waals surface area (Å²) in [5.74, 6) is 0. The molecule has 1 aromatic heterocycles. The van der Waals surface area contributed by atoms with E-state index >= 15 is 0 Å². The van der Waals surface area contributed by atoms with Crippen LogP contribution in [0, 0.1) is 0 Å². The van der Waals surface area contributed by atoms with Gasteiger partial charge in [-0.05, 0) is 25.3 Å². The van der Waals surface area contributed by atoms with E-state index < -0.39 is 0 Å². The third-order valence-corrected chi connectivity index (χ3v) is 3.45. The van der Waals surface area contributed by atoms with Gasteiger partial charge >= 0.3 is 0 Å². The highest BCUT2D eigenvalue weighted by Crippen LogP contribution is 2.14. The summed E-state index contributed by atoms with van der Waals surface area (Å²) in [6, 6.07) is 5.61. The molecule has 0 radical (unpaired) electrons. The first-order valence-electron chi connectivity index (χ1n) is 5.25. The van der Waals surface area contributed by atoms with Gasteiger partial charge in [0, 0.05) is 36.6 Å². The number of hydrogen-bond acceptors (Lipinski definition) is 3. The number of nitrogens with zero attached hydrogens (tertiary/aromatic N) is 1. The van der Waals surface area contributed by atoms with Gasteiger partial charge in [-0.1, -0.05) is 6.07 Å². The molecule has 2 atom stereocenters. The maximum Gasteiger partial charge on any atom is 0.0329 e. The van der Waals surface area contributed by atoms with E-state index in [0.29, 0.717) is 12.1 Å². The van der Waals surface area contributed by atoms with Gasteiger partial charge in [0.25, 0.3) is 0 Å². The first-order chi connectivity index (χ1) is 6.74. The molecule has 1 saturated heterocycles. The fraction of sp³-hybridized carbons (Fsp3) is 0.636. The van der Waals surface area contributed by atoms with Gasteiger partial charge in [0.05, 0.1) is 0 Å². The zero-order valence-corrected chi connectivity index (χ0v) is 10.9. The van der Waals surface area contributed by atoms with Crippen LogP contribution in [-0.4, -0.2) is 30.1 Å². The molecule has 1 N–H and O–H groups in total. The molecular weight excluding hydrogens is 228 g/mol. The average molecular weight is 247 g/mol. The summed E-state index contributed by atoms with van der Waals surface area (Å²) in [6.45, 7) is 7.98. The van der Waals surface area contributed by atoms with Gasteiger partial charge in [0.2, 0.25) is 0 Å². The van der Waals surface area contributed by atoms with Crippen LogP contribution in [0.5, 0.6) is 0 Å². The Kier molecular flexibility index (Phi) is 5.06. The molecule has 4 heteroatoms. The third-order valence-electron chi connectivity index (χ3n) is 2.59. The van der Waals surface area contributed by atoms with Crippen molar-refractivity contribution < 1.29 is 0 Å². The molecule has 2 nitrogen and oxygen atoms in total. The molecule has 86 valence electrons. The van der Waals surface area contributed by atoms with Crippen molar-refractivity contribution in [2.75, 3.05) is 13.1 Å². The number of halogens is 1. The molecule has 2 heterocycles. The molecule has 0 spiro atoms. The zero-order chi connectivity index (χ0) is 9.97. The predicted molar refractivity (Wildman–Crippen MR) is 68.9 cm³/mol. The van der Waals surface area contributed by atoms with Crippen LogP contribution in [0.1, 0.15) is 18.7 Å². The fourth-order valence-electron chi connectivity index (χ4n) is 2.19. The van der Waals surface area contributed by atoms with Crippen molar-refractivity contribution in [3.05, 3.63) is 22.4 Å². The van der Waals surface area contributed by atoms with Crippen LogP contribution >= 0.6 is 23.7 Å². The van der Waals surface area contributed by atoms with Crippen molar-refractivity contribution >= 4 is 23.7 Å². The lowest BCUT2D eigenvalue weighted by atomic mass is 10.1. The molecule has 2 rings (SSSR count). The van der Waals surface area contributed by atoms with Crippen LogP contribution in [-0.2, 0) is 6.54 Å². The summed E-state index contributed by atoms with van der Waals surface area (Å²) in [4.78, 5) is 4.02. The van der Waals surface area contributed by atoms with E-state index in [4.69, 9.17) is 0 Å². The maximum atomic E-state index is 3.55. The summed E-state index contributed by atoms with van der Waals surface area (Å²) in [6.07, 6.45) is 0. The topological polar surface area (TPSA) is 15.3 Å². The molecule has 0 saturated carbocycles. The second kappa shape index (κ2) is 5.85. The fourth-order valence-corrected chi connectivity index (χ4v) is 2.94. The lowest BCUT2D eigenvalue weighted by molar-refractivity contribution is 0.168. The first-order valence-corrected chi connectivity index (χ1v) is 6.13. The van der Waals surface area contributed by atoms with E-state index in [1.54, 1.807) is 0 Å². The smallest absolute Gasteiger partial charge is 0.0329 e. The van der Waals surface area contributed by atoms with Crippen molar-refractivity contribution in [1.82, 2.24) is 10.2 Å². The summed E-state index contributed by atoms with van der Waals surface area (Å²) in [7, 11) is 0. The molecule has 0 bridgehead atoms. The van der Waals surface area contributed by atoms with Gasteiger partial charge in [-0.2, -0.15) is 0 Å². The molecule has 2 unspecified atom stereocenters. The number of rotatable bonds is 2. The molecule has 1 aliphatic heterocycles. The molecule has 1 fully saturated rings. The van der Waals surface area contributed by atoms with Gasteiger partial charge in [0.15, 0.2) is 0 Å². The minimum atomic E-state index is 0. The van der Waals surface area contributed by atoms with E-state index in [1.807, 2.05) is 11.3 Å². The Hall–Kier alpha value is -0.0900. The Morgan fingerprint density at radius 3 is 2.60 bits per heavy atom. The standard InChI is InChI=1S/C11H18N2S.ClH/c1-9-6-13(7-10(2)12-9)8-11-4-3-5-14-11;/h3-5,9-10,12H,6-8H2,1-2H3;1H. The lowest BCUT2D eigenvalue weighted by Gasteiger charge is -2.35. The molecule has 1 aliphatic rings. The predicted octanol–water partition coefficient (Wildman–Crippen LogP) is 2.35. The minimum absolute atomic E-state index is 0. The highest BCUT2D eigenvalue weighted by molar-refractivity contribution is 7.09. The van der Waals surface area contributed by atoms with E-state index in [9.17, 15) is 0 Å². The Morgan fingerprint density at radius 2 is 2.07 bits per heavy atom. The SMILES string of the molecule is CC1CN(Cc2cccs2)CC(C)N1.Cl. The van der Waals surface area contributed by atoms with Crippen molar-refractivity contribution in [1.29, 1.82) is 0 Å². The summed E-state index contributed by atoms with van der Waals surface area (Å²) in [5.41, 5.74) is 0. The highest BCUT2D eigenvalue weighted by atomic mass is 35.5. The van der Waals surface area contributed by atoms with Gasteiger partial charge in [-0.3, -0.25) is 4.90 Å². The first kappa shape index (κ1) is 13.0. The largest absolute Gasteiger partial charge is 0.309 e. The molecule has 0 amide bonds. The second-order valence-corrected chi connectivity index (χ2v) is 5.27. The molecule has 15 heavy (non-hydrogen) atoms. The molecule has 1 aromatic rings. The lowest BCUT2D eigenvalue weighted by Crippen LogP contribution is -2.53. The van der Waals surface area contributed by atoms with Crippen molar-refractivity contribution in [2.45, 2.75) is 32.5 Å². The van der Waals surface area contributed by atoms with Crippen molar-refractivity contribution in [3.63, 3.8) is 0 Å². The Balaban J connectivity index is 0.00000112. The Bertz CT molecular complexity index is 266. The van der Waals surface area contributed by atoms with Crippen LogP contribution in [0.25, 0.3) is 0 Å². The van der Waals surface area contributed by atoms with Crippen LogP contribution in [0.4, 0.5) is 0 Å². The van der Waals surface area contributed by atoms with Crippen molar-refractivity contribution in [3.8, 4) is 0 Å². The van der Waals surface area contributed by atoms with Crippen LogP contribution in [0.3, 0.4) is 0 Å². The molecular formula is C11H19ClN2S.